The van der Waals surface area contributed by atoms with E-state index in [-0.39, 0.29) is 0 Å². The number of rotatable bonds is 8. The fourth-order valence-electron chi connectivity index (χ4n) is 4.17. The molecule has 0 bridgehead atoms. The number of benzene rings is 3. The lowest BCUT2D eigenvalue weighted by atomic mass is 10.1. The Balaban J connectivity index is 1.11. The number of aromatic nitrogens is 1. The van der Waals surface area contributed by atoms with Crippen LogP contribution < -0.4 is 9.46 Å². The number of fused-ring (bicyclic) bond motifs is 2. The van der Waals surface area contributed by atoms with Gasteiger partial charge in [-0.3, -0.25) is 4.90 Å². The number of hydrogen-bond donors (Lipinski definition) is 1. The molecule has 166 valence electrons. The molecular weight excluding hydrogens is 442 g/mol. The first kappa shape index (κ1) is 21.3. The molecule has 1 aromatic heterocycles. The Morgan fingerprint density at radius 2 is 1.88 bits per heavy atom. The highest BCUT2D eigenvalue weighted by atomic mass is 32.2. The zero-order valence-electron chi connectivity index (χ0n) is 17.6. The lowest BCUT2D eigenvalue weighted by molar-refractivity contribution is 0.230. The summed E-state index contributed by atoms with van der Waals surface area (Å²) in [6.45, 7) is 3.64. The van der Waals surface area contributed by atoms with Gasteiger partial charge >= 0.3 is 0 Å². The summed E-state index contributed by atoms with van der Waals surface area (Å²) in [5, 5.41) is 3.01. The van der Waals surface area contributed by atoms with Gasteiger partial charge in [-0.25, -0.2) is 13.1 Å². The zero-order valence-corrected chi connectivity index (χ0v) is 19.2. The second-order valence-electron chi connectivity index (χ2n) is 8.15. The topological polar surface area (TPSA) is 71.5 Å². The van der Waals surface area contributed by atoms with Crippen LogP contribution in [-0.4, -0.2) is 50.5 Å². The molecule has 1 saturated heterocycles. The molecule has 5 rings (SSSR count). The monoisotopic (exact) mass is 467 g/mol. The average molecular weight is 468 g/mol. The van der Waals surface area contributed by atoms with Gasteiger partial charge in [-0.2, -0.15) is 4.37 Å². The van der Waals surface area contributed by atoms with Gasteiger partial charge in [0.05, 0.1) is 15.0 Å². The summed E-state index contributed by atoms with van der Waals surface area (Å²) in [4.78, 5) is 2.64. The van der Waals surface area contributed by atoms with Crippen LogP contribution in [0.5, 0.6) is 5.88 Å². The van der Waals surface area contributed by atoms with E-state index in [1.807, 2.05) is 54.6 Å². The number of likely N-dealkylation sites (tertiary alicyclic amines) is 1. The van der Waals surface area contributed by atoms with Gasteiger partial charge in [0, 0.05) is 19.6 Å². The molecule has 0 aliphatic carbocycles. The van der Waals surface area contributed by atoms with Crippen molar-refractivity contribution in [3.8, 4) is 5.88 Å². The smallest absolute Gasteiger partial charge is 0.240 e. The molecule has 8 heteroatoms. The van der Waals surface area contributed by atoms with Gasteiger partial charge in [0.15, 0.2) is 0 Å². The number of nitrogens with one attached hydrogen (secondary N) is 1. The minimum atomic E-state index is -3.52. The van der Waals surface area contributed by atoms with Crippen molar-refractivity contribution in [2.75, 3.05) is 32.8 Å². The van der Waals surface area contributed by atoms with Crippen LogP contribution >= 0.6 is 11.5 Å². The summed E-state index contributed by atoms with van der Waals surface area (Å²) in [5.41, 5.74) is 0. The number of hydrogen-bond acceptors (Lipinski definition) is 6. The highest BCUT2D eigenvalue weighted by Gasteiger charge is 2.24. The Morgan fingerprint density at radius 1 is 1.06 bits per heavy atom. The normalized spacial score (nSPS) is 17.3. The van der Waals surface area contributed by atoms with Crippen molar-refractivity contribution in [3.63, 3.8) is 0 Å². The molecule has 1 unspecified atom stereocenters. The van der Waals surface area contributed by atoms with Crippen LogP contribution in [0.25, 0.3) is 20.9 Å². The predicted molar refractivity (Wildman–Crippen MR) is 129 cm³/mol. The average Bonchev–Trinajstić information content (AvgIpc) is 3.45. The van der Waals surface area contributed by atoms with Gasteiger partial charge in [-0.1, -0.05) is 42.5 Å². The van der Waals surface area contributed by atoms with Crippen molar-refractivity contribution in [3.05, 3.63) is 66.7 Å². The standard InChI is InChI=1S/C24H25N3O3S2/c28-32(29,21-10-9-19-5-1-2-6-20(19)15-21)25-16-18-11-12-27(17-18)13-14-30-24-22-7-3-4-8-23(22)31-26-24/h1-10,15,18,25H,11-14,16-17H2. The largest absolute Gasteiger partial charge is 0.475 e. The van der Waals surface area contributed by atoms with Crippen molar-refractivity contribution in [2.45, 2.75) is 11.3 Å². The number of nitrogens with zero attached hydrogens (tertiary/aromatic N) is 2. The summed E-state index contributed by atoms with van der Waals surface area (Å²) < 4.78 is 39.8. The quantitative estimate of drug-likeness (QED) is 0.422. The van der Waals surface area contributed by atoms with E-state index in [1.54, 1.807) is 12.1 Å². The Bertz CT molecular complexity index is 1340. The summed E-state index contributed by atoms with van der Waals surface area (Å²) in [6.07, 6.45) is 0.972. The fourth-order valence-corrected chi connectivity index (χ4v) is 6.04. The van der Waals surface area contributed by atoms with E-state index in [0.717, 1.165) is 46.9 Å². The van der Waals surface area contributed by atoms with Gasteiger partial charge in [-0.05, 0) is 65.5 Å². The van der Waals surface area contributed by atoms with Crippen molar-refractivity contribution in [2.24, 2.45) is 5.92 Å². The minimum Gasteiger partial charge on any atom is -0.475 e. The molecule has 1 aliphatic rings. The highest BCUT2D eigenvalue weighted by molar-refractivity contribution is 7.89. The fraction of sp³-hybridized carbons (Fsp3) is 0.292. The van der Waals surface area contributed by atoms with Crippen LogP contribution in [0.2, 0.25) is 0 Å². The van der Waals surface area contributed by atoms with Gasteiger partial charge in [0.2, 0.25) is 15.9 Å². The third-order valence-corrected chi connectivity index (χ3v) is 8.18. The molecule has 1 aliphatic heterocycles. The van der Waals surface area contributed by atoms with E-state index in [1.165, 1.54) is 11.5 Å². The van der Waals surface area contributed by atoms with Gasteiger partial charge in [0.1, 0.15) is 6.61 Å². The maximum absolute atomic E-state index is 12.8. The van der Waals surface area contributed by atoms with Crippen LogP contribution in [0.3, 0.4) is 0 Å². The maximum Gasteiger partial charge on any atom is 0.240 e. The van der Waals surface area contributed by atoms with Crippen LogP contribution in [-0.2, 0) is 10.0 Å². The van der Waals surface area contributed by atoms with Gasteiger partial charge in [-0.15, -0.1) is 0 Å². The molecule has 3 aromatic carbocycles. The van der Waals surface area contributed by atoms with E-state index in [4.69, 9.17) is 4.74 Å². The van der Waals surface area contributed by atoms with Crippen molar-refractivity contribution >= 4 is 42.4 Å². The highest BCUT2D eigenvalue weighted by Crippen LogP contribution is 2.28. The van der Waals surface area contributed by atoms with Gasteiger partial charge < -0.3 is 4.74 Å². The molecule has 0 amide bonds. The first-order valence-electron chi connectivity index (χ1n) is 10.8. The van der Waals surface area contributed by atoms with Crippen LogP contribution in [0, 0.1) is 5.92 Å². The number of ether oxygens (including phenoxy) is 1. The molecule has 0 spiro atoms. The van der Waals surface area contributed by atoms with E-state index >= 15 is 0 Å². The second kappa shape index (κ2) is 9.15. The van der Waals surface area contributed by atoms with E-state index in [9.17, 15) is 8.42 Å². The van der Waals surface area contributed by atoms with Crippen LogP contribution in [0.1, 0.15) is 6.42 Å². The molecule has 1 fully saturated rings. The third-order valence-electron chi connectivity index (χ3n) is 5.95. The first-order chi connectivity index (χ1) is 15.6. The van der Waals surface area contributed by atoms with Crippen molar-refractivity contribution in [1.29, 1.82) is 0 Å². The van der Waals surface area contributed by atoms with Gasteiger partial charge in [0.25, 0.3) is 0 Å². The van der Waals surface area contributed by atoms with Crippen LogP contribution in [0.15, 0.2) is 71.6 Å². The molecular formula is C24H25N3O3S2. The Hall–Kier alpha value is -2.52. The SMILES string of the molecule is O=S(=O)(NCC1CCN(CCOc2nsc3ccccc23)C1)c1ccc2ccccc2c1. The maximum atomic E-state index is 12.8. The molecule has 0 radical (unpaired) electrons. The van der Waals surface area contributed by atoms with E-state index in [2.05, 4.69) is 14.0 Å². The summed E-state index contributed by atoms with van der Waals surface area (Å²) in [7, 11) is -3.52. The molecule has 4 aromatic rings. The number of sulfonamides is 1. The van der Waals surface area contributed by atoms with E-state index < -0.39 is 10.0 Å². The molecule has 32 heavy (non-hydrogen) atoms. The summed E-state index contributed by atoms with van der Waals surface area (Å²) in [6, 6.07) is 21.1. The third kappa shape index (κ3) is 4.63. The van der Waals surface area contributed by atoms with Crippen molar-refractivity contribution < 1.29 is 13.2 Å². The molecule has 6 nitrogen and oxygen atoms in total. The molecule has 1 atom stereocenters. The molecule has 0 saturated carbocycles. The minimum absolute atomic E-state index is 0.297. The lowest BCUT2D eigenvalue weighted by Crippen LogP contribution is -2.32. The van der Waals surface area contributed by atoms with E-state index in [0.29, 0.717) is 29.8 Å². The molecule has 1 N–H and O–H groups in total. The predicted octanol–water partition coefficient (Wildman–Crippen LogP) is 4.13. The lowest BCUT2D eigenvalue weighted by Gasteiger charge is -2.16. The Morgan fingerprint density at radius 3 is 2.78 bits per heavy atom. The summed E-state index contributed by atoms with van der Waals surface area (Å²) >= 11 is 1.45. The molecule has 2 heterocycles. The Labute approximate surface area is 192 Å². The zero-order chi connectivity index (χ0) is 22.0. The Kier molecular flexibility index (Phi) is 6.10. The second-order valence-corrected chi connectivity index (χ2v) is 10.7. The van der Waals surface area contributed by atoms with Crippen molar-refractivity contribution in [1.82, 2.24) is 14.0 Å². The summed E-state index contributed by atoms with van der Waals surface area (Å²) in [5.74, 6) is 0.995. The van der Waals surface area contributed by atoms with Crippen LogP contribution in [0.4, 0.5) is 0 Å². The first-order valence-corrected chi connectivity index (χ1v) is 13.0.